The molecule has 0 radical (unpaired) electrons. The van der Waals surface area contributed by atoms with Gasteiger partial charge in [0.1, 0.15) is 5.82 Å². The molecule has 0 saturated carbocycles. The van der Waals surface area contributed by atoms with Crippen molar-refractivity contribution in [1.82, 2.24) is 15.2 Å². The summed E-state index contributed by atoms with van der Waals surface area (Å²) in [4.78, 5) is 19.2. The highest BCUT2D eigenvalue weighted by molar-refractivity contribution is 5.82. The van der Waals surface area contributed by atoms with Gasteiger partial charge in [-0.1, -0.05) is 19.4 Å². The Hall–Kier alpha value is -2.01. The van der Waals surface area contributed by atoms with Gasteiger partial charge in [0.05, 0.1) is 11.4 Å². The van der Waals surface area contributed by atoms with Crippen LogP contribution in [0.15, 0.2) is 30.5 Å². The number of hydrogen-bond donors (Lipinski definition) is 1. The largest absolute Gasteiger partial charge is 0.356 e. The monoisotopic (exact) mass is 357 g/mol. The highest BCUT2D eigenvalue weighted by atomic mass is 19.1. The van der Waals surface area contributed by atoms with E-state index in [1.54, 1.807) is 18.3 Å². The molecule has 140 valence electrons. The fraction of sp³-hybridized carbons (Fsp3) is 0.524. The number of rotatable bonds is 6. The van der Waals surface area contributed by atoms with Crippen molar-refractivity contribution < 1.29 is 9.18 Å². The number of carbonyl (C=O) groups excluding carboxylic acids is 1. The van der Waals surface area contributed by atoms with Crippen molar-refractivity contribution in [3.05, 3.63) is 41.8 Å². The summed E-state index contributed by atoms with van der Waals surface area (Å²) < 4.78 is 14.0. The first kappa shape index (κ1) is 18.8. The van der Waals surface area contributed by atoms with E-state index in [9.17, 15) is 9.18 Å². The first-order valence-electron chi connectivity index (χ1n) is 9.64. The van der Waals surface area contributed by atoms with Gasteiger partial charge >= 0.3 is 0 Å². The van der Waals surface area contributed by atoms with Gasteiger partial charge in [-0.2, -0.15) is 0 Å². The number of halogens is 1. The molecule has 1 aromatic heterocycles. The lowest BCUT2D eigenvalue weighted by Crippen LogP contribution is -2.46. The molecule has 2 atom stereocenters. The Morgan fingerprint density at radius 2 is 2.19 bits per heavy atom. The lowest BCUT2D eigenvalue weighted by molar-refractivity contribution is -0.127. The average Bonchev–Trinajstić information content (AvgIpc) is 2.66. The smallest absolute Gasteiger partial charge is 0.224 e. The first-order chi connectivity index (χ1) is 12.6. The second-order valence-corrected chi connectivity index (χ2v) is 7.30. The summed E-state index contributed by atoms with van der Waals surface area (Å²) in [6.07, 6.45) is 5.73. The Morgan fingerprint density at radius 1 is 1.35 bits per heavy atom. The molecule has 2 unspecified atom stereocenters. The minimum Gasteiger partial charge on any atom is -0.356 e. The number of pyridine rings is 1. The second-order valence-electron chi connectivity index (χ2n) is 7.30. The summed E-state index contributed by atoms with van der Waals surface area (Å²) in [5, 5.41) is 3.62. The van der Waals surface area contributed by atoms with Gasteiger partial charge in [0.15, 0.2) is 0 Å². The van der Waals surface area contributed by atoms with E-state index in [1.165, 1.54) is 6.07 Å². The average molecular weight is 357 g/mol. The number of amides is 1. The van der Waals surface area contributed by atoms with Crippen LogP contribution in [0.25, 0.3) is 10.9 Å². The Morgan fingerprint density at radius 3 is 3.00 bits per heavy atom. The lowest BCUT2D eigenvalue weighted by Gasteiger charge is -2.37. The third kappa shape index (κ3) is 4.21. The molecule has 1 aliphatic rings. The molecule has 5 heteroatoms. The van der Waals surface area contributed by atoms with Crippen molar-refractivity contribution in [2.45, 2.75) is 52.1 Å². The van der Waals surface area contributed by atoms with Gasteiger partial charge in [-0.3, -0.25) is 14.7 Å². The van der Waals surface area contributed by atoms with Crippen LogP contribution in [0.3, 0.4) is 0 Å². The molecule has 1 saturated heterocycles. The molecular formula is C21H28FN3O. The van der Waals surface area contributed by atoms with E-state index in [2.05, 4.69) is 29.0 Å². The van der Waals surface area contributed by atoms with E-state index < -0.39 is 0 Å². The van der Waals surface area contributed by atoms with Crippen LogP contribution in [-0.2, 0) is 11.3 Å². The maximum absolute atomic E-state index is 14.0. The van der Waals surface area contributed by atoms with Crippen LogP contribution in [0.1, 0.15) is 45.1 Å². The van der Waals surface area contributed by atoms with Crippen molar-refractivity contribution in [3.63, 3.8) is 0 Å². The number of carbonyl (C=O) groups is 1. The van der Waals surface area contributed by atoms with E-state index in [-0.39, 0.29) is 17.6 Å². The maximum atomic E-state index is 14.0. The zero-order valence-electron chi connectivity index (χ0n) is 15.7. The minimum atomic E-state index is -0.239. The van der Waals surface area contributed by atoms with Crippen LogP contribution in [0, 0.1) is 11.7 Å². The minimum absolute atomic E-state index is 0.0303. The summed E-state index contributed by atoms with van der Waals surface area (Å²) >= 11 is 0. The van der Waals surface area contributed by atoms with Crippen LogP contribution in [0.4, 0.5) is 4.39 Å². The molecule has 1 aliphatic heterocycles. The molecule has 3 rings (SSSR count). The van der Waals surface area contributed by atoms with Crippen molar-refractivity contribution in [2.75, 3.05) is 13.1 Å². The molecule has 0 bridgehead atoms. The number of aromatic nitrogens is 1. The number of benzene rings is 1. The summed E-state index contributed by atoms with van der Waals surface area (Å²) in [5.74, 6) is -0.0445. The summed E-state index contributed by atoms with van der Waals surface area (Å²) in [7, 11) is 0. The molecular weight excluding hydrogens is 329 g/mol. The first-order valence-corrected chi connectivity index (χ1v) is 9.64. The predicted molar refractivity (Wildman–Crippen MR) is 102 cm³/mol. The second kappa shape index (κ2) is 8.58. The number of fused-ring (bicyclic) bond motifs is 1. The molecule has 1 amide bonds. The quantitative estimate of drug-likeness (QED) is 0.798. The Bertz CT molecular complexity index is 764. The van der Waals surface area contributed by atoms with E-state index in [0.29, 0.717) is 23.5 Å². The van der Waals surface area contributed by atoms with Gasteiger partial charge in [0, 0.05) is 37.3 Å². The van der Waals surface area contributed by atoms with Crippen molar-refractivity contribution in [3.8, 4) is 0 Å². The number of hydrogen-bond acceptors (Lipinski definition) is 3. The van der Waals surface area contributed by atoms with Gasteiger partial charge in [-0.05, 0) is 49.9 Å². The molecule has 1 N–H and O–H groups in total. The third-order valence-electron chi connectivity index (χ3n) is 5.38. The normalized spacial score (nSPS) is 21.0. The van der Waals surface area contributed by atoms with Crippen LogP contribution < -0.4 is 5.32 Å². The fourth-order valence-electron chi connectivity index (χ4n) is 3.69. The maximum Gasteiger partial charge on any atom is 0.224 e. The van der Waals surface area contributed by atoms with Crippen molar-refractivity contribution in [2.24, 2.45) is 5.92 Å². The number of piperidine rings is 1. The van der Waals surface area contributed by atoms with Crippen molar-refractivity contribution in [1.29, 1.82) is 0 Å². The number of nitrogens with zero attached hydrogens (tertiary/aromatic N) is 2. The van der Waals surface area contributed by atoms with Gasteiger partial charge in [-0.15, -0.1) is 0 Å². The molecule has 26 heavy (non-hydrogen) atoms. The Balaban J connectivity index is 1.72. The summed E-state index contributed by atoms with van der Waals surface area (Å²) in [5.41, 5.74) is 1.73. The zero-order chi connectivity index (χ0) is 18.5. The molecule has 4 nitrogen and oxygen atoms in total. The van der Waals surface area contributed by atoms with Gasteiger partial charge in [0.2, 0.25) is 5.91 Å². The molecule has 0 spiro atoms. The fourth-order valence-corrected chi connectivity index (χ4v) is 3.69. The number of nitrogens with one attached hydrogen (secondary N) is 1. The highest BCUT2D eigenvalue weighted by Crippen LogP contribution is 2.27. The van der Waals surface area contributed by atoms with Gasteiger partial charge in [0.25, 0.3) is 0 Å². The summed E-state index contributed by atoms with van der Waals surface area (Å²) in [6.45, 7) is 6.51. The van der Waals surface area contributed by atoms with Gasteiger partial charge < -0.3 is 5.32 Å². The van der Waals surface area contributed by atoms with E-state index >= 15 is 0 Å². The molecule has 1 aromatic carbocycles. The van der Waals surface area contributed by atoms with Crippen molar-refractivity contribution >= 4 is 16.8 Å². The number of likely N-dealkylation sites (tertiary alicyclic amines) is 1. The Labute approximate surface area is 154 Å². The van der Waals surface area contributed by atoms with Crippen LogP contribution in [0.2, 0.25) is 0 Å². The standard InChI is InChI=1S/C21H28FN3O/c1-3-4-11-24-21(26)17-8-7-15(2)25(14-17)13-16-9-10-19(22)18-6-5-12-23-20(16)18/h5-6,9-10,12,15,17H,3-4,7-8,11,13-14H2,1-2H3,(H,24,26). The lowest BCUT2D eigenvalue weighted by atomic mass is 9.92. The Kier molecular flexibility index (Phi) is 6.20. The van der Waals surface area contributed by atoms with E-state index in [4.69, 9.17) is 0 Å². The zero-order valence-corrected chi connectivity index (χ0v) is 15.7. The SMILES string of the molecule is CCCCNC(=O)C1CCC(C)N(Cc2ccc(F)c3cccnc23)C1. The van der Waals surface area contributed by atoms with E-state index in [1.807, 2.05) is 6.07 Å². The molecule has 2 aromatic rings. The molecule has 1 fully saturated rings. The van der Waals surface area contributed by atoms with E-state index in [0.717, 1.165) is 44.3 Å². The molecule has 0 aliphatic carbocycles. The highest BCUT2D eigenvalue weighted by Gasteiger charge is 2.30. The predicted octanol–water partition coefficient (Wildman–Crippen LogP) is 3.89. The topological polar surface area (TPSA) is 45.2 Å². The third-order valence-corrected chi connectivity index (χ3v) is 5.38. The summed E-state index contributed by atoms with van der Waals surface area (Å²) in [6, 6.07) is 7.27. The molecule has 2 heterocycles. The van der Waals surface area contributed by atoms with Crippen LogP contribution in [-0.4, -0.2) is 34.9 Å². The van der Waals surface area contributed by atoms with Crippen LogP contribution >= 0.6 is 0 Å². The van der Waals surface area contributed by atoms with Crippen LogP contribution in [0.5, 0.6) is 0 Å². The number of unbranched alkanes of at least 4 members (excludes halogenated alkanes) is 1. The van der Waals surface area contributed by atoms with Gasteiger partial charge in [-0.25, -0.2) is 4.39 Å².